The lowest BCUT2D eigenvalue weighted by atomic mass is 9.97. The minimum Gasteiger partial charge on any atom is -0.478 e. The highest BCUT2D eigenvalue weighted by molar-refractivity contribution is 7.10. The first-order valence-electron chi connectivity index (χ1n) is 6.28. The van der Waals surface area contributed by atoms with Gasteiger partial charge in [0.15, 0.2) is 0 Å². The van der Waals surface area contributed by atoms with Gasteiger partial charge in [-0.25, -0.2) is 4.79 Å². The lowest BCUT2D eigenvalue weighted by Crippen LogP contribution is -2.42. The standard InChI is InChI=1S/C14H15NO4S/c1-9-6-12(16)15(13(17)7-9)8-11-10(4-5-20-11)2-3-14(18)19/h2-5,9H,6-8H2,1H3,(H,18,19). The van der Waals surface area contributed by atoms with E-state index in [1.165, 1.54) is 22.3 Å². The zero-order valence-corrected chi connectivity index (χ0v) is 11.9. The molecule has 5 nitrogen and oxygen atoms in total. The molecular formula is C14H15NO4S. The molecule has 0 aliphatic carbocycles. The van der Waals surface area contributed by atoms with Crippen molar-refractivity contribution in [3.8, 4) is 0 Å². The Labute approximate surface area is 120 Å². The molecule has 6 heteroatoms. The first kappa shape index (κ1) is 14.5. The van der Waals surface area contributed by atoms with Gasteiger partial charge in [0.25, 0.3) is 0 Å². The van der Waals surface area contributed by atoms with E-state index in [9.17, 15) is 14.4 Å². The molecule has 2 rings (SSSR count). The van der Waals surface area contributed by atoms with Crippen LogP contribution in [0.2, 0.25) is 0 Å². The second-order valence-corrected chi connectivity index (χ2v) is 5.86. The number of carboxylic acid groups (broad SMARTS) is 1. The maximum Gasteiger partial charge on any atom is 0.328 e. The highest BCUT2D eigenvalue weighted by Crippen LogP contribution is 2.25. The molecule has 0 atom stereocenters. The number of nitrogens with zero attached hydrogens (tertiary/aromatic N) is 1. The lowest BCUT2D eigenvalue weighted by molar-refractivity contribution is -0.150. The average Bonchev–Trinajstić information content (AvgIpc) is 2.78. The van der Waals surface area contributed by atoms with E-state index in [1.807, 2.05) is 12.3 Å². The summed E-state index contributed by atoms with van der Waals surface area (Å²) in [5, 5.41) is 10.5. The predicted octanol–water partition coefficient (Wildman–Crippen LogP) is 2.13. The van der Waals surface area contributed by atoms with Crippen LogP contribution in [0.25, 0.3) is 6.08 Å². The molecule has 2 amide bonds. The number of likely N-dealkylation sites (tertiary alicyclic amines) is 1. The molecule has 0 spiro atoms. The Kier molecular flexibility index (Phi) is 4.34. The minimum atomic E-state index is -1.03. The number of aliphatic carboxylic acids is 1. The van der Waals surface area contributed by atoms with Crippen LogP contribution in [-0.4, -0.2) is 27.8 Å². The van der Waals surface area contributed by atoms with E-state index >= 15 is 0 Å². The van der Waals surface area contributed by atoms with Crippen LogP contribution in [0.5, 0.6) is 0 Å². The maximum absolute atomic E-state index is 11.9. The highest BCUT2D eigenvalue weighted by Gasteiger charge is 2.30. The number of carboxylic acids is 1. The number of thiophene rings is 1. The van der Waals surface area contributed by atoms with Gasteiger partial charge in [0.1, 0.15) is 0 Å². The van der Waals surface area contributed by atoms with Gasteiger partial charge >= 0.3 is 5.97 Å². The zero-order valence-electron chi connectivity index (χ0n) is 11.0. The third-order valence-electron chi connectivity index (χ3n) is 3.14. The quantitative estimate of drug-likeness (QED) is 0.681. The van der Waals surface area contributed by atoms with Crippen molar-refractivity contribution in [2.24, 2.45) is 5.92 Å². The van der Waals surface area contributed by atoms with Crippen LogP contribution in [0.15, 0.2) is 17.5 Å². The van der Waals surface area contributed by atoms with E-state index in [0.717, 1.165) is 16.5 Å². The first-order valence-corrected chi connectivity index (χ1v) is 7.16. The summed E-state index contributed by atoms with van der Waals surface area (Å²) in [4.78, 5) is 36.5. The lowest BCUT2D eigenvalue weighted by Gasteiger charge is -2.28. The Morgan fingerprint density at radius 2 is 2.10 bits per heavy atom. The average molecular weight is 293 g/mol. The fourth-order valence-electron chi connectivity index (χ4n) is 2.14. The number of imide groups is 1. The summed E-state index contributed by atoms with van der Waals surface area (Å²) in [6.07, 6.45) is 3.30. The first-order chi connectivity index (χ1) is 9.47. The van der Waals surface area contributed by atoms with Crippen molar-refractivity contribution in [1.29, 1.82) is 0 Å². The third kappa shape index (κ3) is 3.33. The molecule has 1 aromatic heterocycles. The summed E-state index contributed by atoms with van der Waals surface area (Å²) in [5.41, 5.74) is 0.733. The molecule has 1 saturated heterocycles. The Morgan fingerprint density at radius 3 is 2.70 bits per heavy atom. The zero-order chi connectivity index (χ0) is 14.7. The Morgan fingerprint density at radius 1 is 1.45 bits per heavy atom. The van der Waals surface area contributed by atoms with Gasteiger partial charge in [-0.1, -0.05) is 6.92 Å². The summed E-state index contributed by atoms with van der Waals surface area (Å²) in [7, 11) is 0. The van der Waals surface area contributed by atoms with Crippen LogP contribution < -0.4 is 0 Å². The molecule has 1 aliphatic rings. The normalized spacial score (nSPS) is 17.1. The van der Waals surface area contributed by atoms with Crippen molar-refractivity contribution < 1.29 is 19.5 Å². The molecule has 2 heterocycles. The van der Waals surface area contributed by atoms with Crippen LogP contribution in [0.1, 0.15) is 30.2 Å². The summed E-state index contributed by atoms with van der Waals surface area (Å²) < 4.78 is 0. The summed E-state index contributed by atoms with van der Waals surface area (Å²) in [6, 6.07) is 1.78. The van der Waals surface area contributed by atoms with E-state index in [4.69, 9.17) is 5.11 Å². The van der Waals surface area contributed by atoms with Gasteiger partial charge in [-0.3, -0.25) is 14.5 Å². The molecule has 0 bridgehead atoms. The van der Waals surface area contributed by atoms with Gasteiger partial charge in [-0.15, -0.1) is 11.3 Å². The molecule has 0 unspecified atom stereocenters. The van der Waals surface area contributed by atoms with Crippen molar-refractivity contribution >= 4 is 35.2 Å². The van der Waals surface area contributed by atoms with Crippen molar-refractivity contribution in [3.05, 3.63) is 28.0 Å². The summed E-state index contributed by atoms with van der Waals surface area (Å²) in [5.74, 6) is -1.24. The second-order valence-electron chi connectivity index (χ2n) is 4.86. The number of amides is 2. The van der Waals surface area contributed by atoms with Gasteiger partial charge in [-0.05, 0) is 29.0 Å². The van der Waals surface area contributed by atoms with E-state index in [1.54, 1.807) is 6.07 Å². The maximum atomic E-state index is 11.9. The molecule has 1 N–H and O–H groups in total. The fraction of sp³-hybridized carbons (Fsp3) is 0.357. The number of hydrogen-bond acceptors (Lipinski definition) is 4. The largest absolute Gasteiger partial charge is 0.478 e. The molecule has 1 aliphatic heterocycles. The van der Waals surface area contributed by atoms with Gasteiger partial charge in [-0.2, -0.15) is 0 Å². The summed E-state index contributed by atoms with van der Waals surface area (Å²) in [6.45, 7) is 2.11. The molecule has 0 radical (unpaired) electrons. The fourth-order valence-corrected chi connectivity index (χ4v) is 2.99. The van der Waals surface area contributed by atoms with Crippen molar-refractivity contribution in [2.45, 2.75) is 26.3 Å². The van der Waals surface area contributed by atoms with Crippen LogP contribution in [0.4, 0.5) is 0 Å². The molecule has 1 aromatic rings. The molecule has 106 valence electrons. The Hall–Kier alpha value is -1.95. The van der Waals surface area contributed by atoms with E-state index in [2.05, 4.69) is 0 Å². The Balaban J connectivity index is 2.14. The van der Waals surface area contributed by atoms with Gasteiger partial charge in [0.2, 0.25) is 11.8 Å². The van der Waals surface area contributed by atoms with E-state index in [-0.39, 0.29) is 24.3 Å². The van der Waals surface area contributed by atoms with Crippen LogP contribution in [0.3, 0.4) is 0 Å². The van der Waals surface area contributed by atoms with E-state index in [0.29, 0.717) is 12.8 Å². The smallest absolute Gasteiger partial charge is 0.328 e. The summed E-state index contributed by atoms with van der Waals surface area (Å²) >= 11 is 1.41. The third-order valence-corrected chi connectivity index (χ3v) is 4.06. The number of carbonyl (C=O) groups excluding carboxylic acids is 2. The van der Waals surface area contributed by atoms with Gasteiger partial charge in [0.05, 0.1) is 6.54 Å². The van der Waals surface area contributed by atoms with Crippen LogP contribution >= 0.6 is 11.3 Å². The number of piperidine rings is 1. The number of rotatable bonds is 4. The van der Waals surface area contributed by atoms with Crippen molar-refractivity contribution in [2.75, 3.05) is 0 Å². The molecule has 20 heavy (non-hydrogen) atoms. The number of hydrogen-bond donors (Lipinski definition) is 1. The minimum absolute atomic E-state index is 0.0981. The van der Waals surface area contributed by atoms with Crippen molar-refractivity contribution in [3.63, 3.8) is 0 Å². The van der Waals surface area contributed by atoms with E-state index < -0.39 is 5.97 Å². The monoisotopic (exact) mass is 293 g/mol. The topological polar surface area (TPSA) is 74.7 Å². The molecule has 0 saturated carbocycles. The van der Waals surface area contributed by atoms with Gasteiger partial charge in [0, 0.05) is 23.8 Å². The van der Waals surface area contributed by atoms with Gasteiger partial charge < -0.3 is 5.11 Å². The second kappa shape index (κ2) is 6.00. The van der Waals surface area contributed by atoms with Crippen molar-refractivity contribution in [1.82, 2.24) is 4.90 Å². The number of carbonyl (C=O) groups is 3. The Bertz CT molecular complexity index is 557. The molecule has 1 fully saturated rings. The molecule has 0 aromatic carbocycles. The van der Waals surface area contributed by atoms with Crippen LogP contribution in [-0.2, 0) is 20.9 Å². The predicted molar refractivity (Wildman–Crippen MR) is 74.9 cm³/mol. The molecular weight excluding hydrogens is 278 g/mol. The van der Waals surface area contributed by atoms with Crippen LogP contribution in [0, 0.1) is 5.92 Å². The highest BCUT2D eigenvalue weighted by atomic mass is 32.1. The SMILES string of the molecule is CC1CC(=O)N(Cc2sccc2C=CC(=O)O)C(=O)C1.